The molecule has 1 aromatic carbocycles. The highest BCUT2D eigenvalue weighted by molar-refractivity contribution is 6.01. The van der Waals surface area contributed by atoms with Crippen LogP contribution in [0.2, 0.25) is 0 Å². The lowest BCUT2D eigenvalue weighted by Crippen LogP contribution is -2.34. The first-order valence-electron chi connectivity index (χ1n) is 10.3. The summed E-state index contributed by atoms with van der Waals surface area (Å²) in [6, 6.07) is 6.05. The minimum Gasteiger partial charge on any atom is -0.505 e. The number of fused-ring (bicyclic) bond motifs is 1. The number of aromatic hydroxyl groups is 1. The molecular weight excluding hydrogens is 431 g/mol. The van der Waals surface area contributed by atoms with E-state index in [0.29, 0.717) is 29.5 Å². The van der Waals surface area contributed by atoms with E-state index in [9.17, 15) is 23.9 Å². The van der Waals surface area contributed by atoms with Crippen LogP contribution in [0, 0.1) is 5.82 Å². The zero-order valence-electron chi connectivity index (χ0n) is 18.3. The number of carbonyl (C=O) groups is 2. The quantitative estimate of drug-likeness (QED) is 0.396. The second kappa shape index (κ2) is 10.2. The van der Waals surface area contributed by atoms with Gasteiger partial charge in [-0.3, -0.25) is 19.4 Å². The molecule has 0 aliphatic carbocycles. The molecule has 0 aliphatic heterocycles. The Labute approximate surface area is 188 Å². The second-order valence-electron chi connectivity index (χ2n) is 7.54. The van der Waals surface area contributed by atoms with Gasteiger partial charge in [-0.1, -0.05) is 6.07 Å². The molecule has 9 nitrogen and oxygen atoms in total. The summed E-state index contributed by atoms with van der Waals surface area (Å²) in [6.45, 7) is -0.373. The molecule has 2 heterocycles. The molecule has 10 heteroatoms. The number of amides is 2. The molecule has 3 rings (SSSR count). The first-order valence-corrected chi connectivity index (χ1v) is 10.3. The first-order chi connectivity index (χ1) is 15.8. The predicted octanol–water partition coefficient (Wildman–Crippen LogP) is 0.770. The molecule has 4 N–H and O–H groups in total. The third kappa shape index (κ3) is 5.17. The van der Waals surface area contributed by atoms with Gasteiger partial charge in [-0.15, -0.1) is 0 Å². The van der Waals surface area contributed by atoms with Gasteiger partial charge in [0.1, 0.15) is 16.9 Å². The number of pyridine rings is 2. The van der Waals surface area contributed by atoms with E-state index in [-0.39, 0.29) is 31.0 Å². The van der Waals surface area contributed by atoms with Crippen LogP contribution in [0.1, 0.15) is 33.5 Å². The van der Waals surface area contributed by atoms with Crippen molar-refractivity contribution in [3.63, 3.8) is 0 Å². The predicted molar refractivity (Wildman–Crippen MR) is 120 cm³/mol. The van der Waals surface area contributed by atoms with Gasteiger partial charge in [0, 0.05) is 33.3 Å². The average Bonchev–Trinajstić information content (AvgIpc) is 2.81. The molecule has 0 aliphatic rings. The molecule has 0 saturated carbocycles. The van der Waals surface area contributed by atoms with E-state index in [4.69, 9.17) is 5.11 Å². The summed E-state index contributed by atoms with van der Waals surface area (Å²) in [6.07, 6.45) is 2.44. The van der Waals surface area contributed by atoms with E-state index < -0.39 is 28.6 Å². The Morgan fingerprint density at radius 1 is 1.21 bits per heavy atom. The molecule has 0 atom stereocenters. The smallest absolute Gasteiger partial charge is 0.267 e. The van der Waals surface area contributed by atoms with Crippen LogP contribution in [0.4, 0.5) is 4.39 Å². The number of carbonyl (C=O) groups excluding carboxylic acids is 2. The molecule has 33 heavy (non-hydrogen) atoms. The van der Waals surface area contributed by atoms with Gasteiger partial charge in [0.25, 0.3) is 11.5 Å². The number of aryl methyl sites for hydroxylation is 2. The fraction of sp³-hybridized carbons (Fsp3) is 0.304. The normalized spacial score (nSPS) is 10.9. The minimum absolute atomic E-state index is 0.0637. The number of halogens is 1. The van der Waals surface area contributed by atoms with Gasteiger partial charge < -0.3 is 25.4 Å². The number of aliphatic hydroxyl groups is 1. The summed E-state index contributed by atoms with van der Waals surface area (Å²) in [4.78, 5) is 40.9. The lowest BCUT2D eigenvalue weighted by Gasteiger charge is -2.13. The van der Waals surface area contributed by atoms with Gasteiger partial charge in [0.2, 0.25) is 5.91 Å². The van der Waals surface area contributed by atoms with Crippen molar-refractivity contribution >= 4 is 22.8 Å². The number of hydrogen-bond acceptors (Lipinski definition) is 6. The van der Waals surface area contributed by atoms with Crippen LogP contribution in [0.15, 0.2) is 35.3 Å². The van der Waals surface area contributed by atoms with E-state index in [2.05, 4.69) is 15.6 Å². The third-order valence-electron chi connectivity index (χ3n) is 5.35. The van der Waals surface area contributed by atoms with Gasteiger partial charge in [-0.25, -0.2) is 4.39 Å². The molecule has 0 bridgehead atoms. The van der Waals surface area contributed by atoms with E-state index in [1.165, 1.54) is 37.0 Å². The summed E-state index contributed by atoms with van der Waals surface area (Å²) >= 11 is 0. The zero-order valence-corrected chi connectivity index (χ0v) is 18.3. The molecule has 3 aromatic rings. The Morgan fingerprint density at radius 3 is 2.67 bits per heavy atom. The van der Waals surface area contributed by atoms with E-state index in [0.717, 1.165) is 5.56 Å². The Hall–Kier alpha value is -3.79. The zero-order chi connectivity index (χ0) is 24.1. The third-order valence-corrected chi connectivity index (χ3v) is 5.35. The molecule has 0 saturated heterocycles. The molecule has 0 radical (unpaired) electrons. The van der Waals surface area contributed by atoms with Crippen molar-refractivity contribution in [2.75, 3.05) is 20.2 Å². The first kappa shape index (κ1) is 23.9. The molecule has 0 unspecified atom stereocenters. The minimum atomic E-state index is -0.804. The molecular formula is C23H25FN4O5. The number of aromatic nitrogens is 2. The van der Waals surface area contributed by atoms with E-state index in [1.54, 1.807) is 12.1 Å². The summed E-state index contributed by atoms with van der Waals surface area (Å²) in [5, 5.41) is 24.3. The number of hydrogen-bond donors (Lipinski definition) is 4. The Bertz CT molecular complexity index is 1270. The van der Waals surface area contributed by atoms with Gasteiger partial charge in [-0.05, 0) is 47.7 Å². The number of aliphatic hydroxyl groups excluding tert-OH is 1. The number of rotatable bonds is 8. The fourth-order valence-electron chi connectivity index (χ4n) is 3.58. The largest absolute Gasteiger partial charge is 0.505 e. The summed E-state index contributed by atoms with van der Waals surface area (Å²) in [7, 11) is 3.00. The average molecular weight is 456 g/mol. The van der Waals surface area contributed by atoms with Gasteiger partial charge in [0.05, 0.1) is 12.1 Å². The maximum atomic E-state index is 13.8. The van der Waals surface area contributed by atoms with Crippen LogP contribution in [-0.4, -0.2) is 51.8 Å². The summed E-state index contributed by atoms with van der Waals surface area (Å²) in [5.41, 5.74) is 1.43. The fourth-order valence-corrected chi connectivity index (χ4v) is 3.58. The van der Waals surface area contributed by atoms with Crippen molar-refractivity contribution < 1.29 is 24.2 Å². The van der Waals surface area contributed by atoms with Crippen LogP contribution >= 0.6 is 0 Å². The number of nitrogens with zero attached hydrogens (tertiary/aromatic N) is 2. The Balaban J connectivity index is 1.99. The summed E-state index contributed by atoms with van der Waals surface area (Å²) in [5.74, 6) is -1.89. The highest BCUT2D eigenvalue weighted by atomic mass is 19.1. The van der Waals surface area contributed by atoms with Crippen molar-refractivity contribution in [1.82, 2.24) is 20.2 Å². The van der Waals surface area contributed by atoms with Gasteiger partial charge in [-0.2, -0.15) is 0 Å². The molecule has 2 aromatic heterocycles. The Kier molecular flexibility index (Phi) is 7.39. The lowest BCUT2D eigenvalue weighted by molar-refractivity contribution is -0.120. The lowest BCUT2D eigenvalue weighted by atomic mass is 9.97. The van der Waals surface area contributed by atoms with Crippen molar-refractivity contribution in [3.05, 3.63) is 68.9 Å². The second-order valence-corrected chi connectivity index (χ2v) is 7.54. The number of benzene rings is 1. The van der Waals surface area contributed by atoms with Crippen LogP contribution in [-0.2, 0) is 24.7 Å². The highest BCUT2D eigenvalue weighted by Gasteiger charge is 2.22. The maximum Gasteiger partial charge on any atom is 0.267 e. The van der Waals surface area contributed by atoms with Crippen LogP contribution in [0.5, 0.6) is 5.75 Å². The van der Waals surface area contributed by atoms with E-state index >= 15 is 0 Å². The van der Waals surface area contributed by atoms with Crippen molar-refractivity contribution in [1.29, 1.82) is 0 Å². The van der Waals surface area contributed by atoms with Gasteiger partial charge in [0.15, 0.2) is 5.75 Å². The molecule has 174 valence electrons. The highest BCUT2D eigenvalue weighted by Crippen LogP contribution is 2.26. The molecule has 0 fully saturated rings. The molecule has 2 amide bonds. The van der Waals surface area contributed by atoms with Gasteiger partial charge >= 0.3 is 0 Å². The van der Waals surface area contributed by atoms with Crippen LogP contribution < -0.4 is 16.2 Å². The number of nitrogens with one attached hydrogen (secondary N) is 2. The Morgan fingerprint density at radius 2 is 1.97 bits per heavy atom. The topological polar surface area (TPSA) is 134 Å². The van der Waals surface area contributed by atoms with Crippen LogP contribution in [0.25, 0.3) is 11.0 Å². The van der Waals surface area contributed by atoms with Crippen molar-refractivity contribution in [3.8, 4) is 5.75 Å². The van der Waals surface area contributed by atoms with E-state index in [1.807, 2.05) is 0 Å². The maximum absolute atomic E-state index is 13.8. The van der Waals surface area contributed by atoms with Crippen LogP contribution in [0.3, 0.4) is 0 Å². The molecule has 0 spiro atoms. The van der Waals surface area contributed by atoms with Crippen molar-refractivity contribution in [2.45, 2.75) is 19.3 Å². The van der Waals surface area contributed by atoms with Crippen molar-refractivity contribution in [2.24, 2.45) is 7.05 Å². The summed E-state index contributed by atoms with van der Waals surface area (Å²) < 4.78 is 15.0. The standard InChI is InChI=1S/C23H25FN4O5/c1-25-18(30)6-4-15-11-16(24)5-3-14(15)9-13-10-17-20(27-12-13)21(31)19(23(33)28(17)2)22(32)26-7-8-29/h3,5,10-12,29,31H,4,6-9H2,1-2H3,(H,25,30)(H,26,32). The monoisotopic (exact) mass is 456 g/mol. The SMILES string of the molecule is CNC(=O)CCc1cc(F)ccc1Cc1cnc2c(O)c(C(=O)NCCO)c(=O)n(C)c2c1.